The molecular formula is C17H19NOS. The molecule has 3 aromatic rings. The summed E-state index contributed by atoms with van der Waals surface area (Å²) in [6.07, 6.45) is 1.06. The van der Waals surface area contributed by atoms with Crippen molar-refractivity contribution in [2.45, 2.75) is 32.4 Å². The molecule has 0 aliphatic carbocycles. The minimum absolute atomic E-state index is 0.220. The average Bonchev–Trinajstić information content (AvgIpc) is 3.06. The number of thiophene rings is 1. The third kappa shape index (κ3) is 2.94. The van der Waals surface area contributed by atoms with Crippen LogP contribution in [0.2, 0.25) is 0 Å². The molecule has 1 N–H and O–H groups in total. The van der Waals surface area contributed by atoms with Crippen LogP contribution in [0.15, 0.2) is 52.3 Å². The number of hydrogen-bond donors (Lipinski definition) is 1. The maximum absolute atomic E-state index is 5.91. The van der Waals surface area contributed by atoms with Crippen molar-refractivity contribution in [3.63, 3.8) is 0 Å². The first-order chi connectivity index (χ1) is 9.72. The van der Waals surface area contributed by atoms with Crippen LogP contribution in [0.25, 0.3) is 11.0 Å². The molecule has 0 aliphatic heterocycles. The molecule has 104 valence electrons. The Hall–Kier alpha value is -1.58. The summed E-state index contributed by atoms with van der Waals surface area (Å²) in [6, 6.07) is 15.2. The van der Waals surface area contributed by atoms with E-state index in [1.165, 1.54) is 10.3 Å². The van der Waals surface area contributed by atoms with E-state index >= 15 is 0 Å². The van der Waals surface area contributed by atoms with E-state index in [0.29, 0.717) is 6.04 Å². The minimum Gasteiger partial charge on any atom is -0.459 e. The maximum atomic E-state index is 5.91. The van der Waals surface area contributed by atoms with Crippen LogP contribution < -0.4 is 5.32 Å². The lowest BCUT2D eigenvalue weighted by Crippen LogP contribution is -2.30. The van der Waals surface area contributed by atoms with Gasteiger partial charge in [0.25, 0.3) is 0 Å². The first-order valence-corrected chi connectivity index (χ1v) is 7.87. The molecule has 0 bridgehead atoms. The standard InChI is InChI=1S/C17H19NOS/c1-12(10-15-7-5-9-20-15)18-13(2)17-11-14-6-3-4-8-16(14)19-17/h3-9,11-13,18H,10H2,1-2H3. The average molecular weight is 285 g/mol. The van der Waals surface area contributed by atoms with Gasteiger partial charge in [0.1, 0.15) is 11.3 Å². The Morgan fingerprint density at radius 1 is 1.15 bits per heavy atom. The van der Waals surface area contributed by atoms with Crippen molar-refractivity contribution in [1.82, 2.24) is 5.32 Å². The molecule has 0 radical (unpaired) electrons. The molecule has 2 aromatic heterocycles. The van der Waals surface area contributed by atoms with Crippen molar-refractivity contribution in [2.75, 3.05) is 0 Å². The lowest BCUT2D eigenvalue weighted by atomic mass is 10.1. The van der Waals surface area contributed by atoms with Crippen molar-refractivity contribution in [1.29, 1.82) is 0 Å². The van der Waals surface area contributed by atoms with E-state index in [9.17, 15) is 0 Å². The fraction of sp³-hybridized carbons (Fsp3) is 0.294. The summed E-state index contributed by atoms with van der Waals surface area (Å²) < 4.78 is 5.91. The molecule has 2 heterocycles. The van der Waals surface area contributed by atoms with Crippen molar-refractivity contribution >= 4 is 22.3 Å². The van der Waals surface area contributed by atoms with Gasteiger partial charge in [0, 0.05) is 16.3 Å². The van der Waals surface area contributed by atoms with Gasteiger partial charge in [0.15, 0.2) is 0 Å². The minimum atomic E-state index is 0.220. The summed E-state index contributed by atoms with van der Waals surface area (Å²) in [5.74, 6) is 1.00. The second-order valence-electron chi connectivity index (χ2n) is 5.26. The van der Waals surface area contributed by atoms with Crippen LogP contribution in [0.5, 0.6) is 0 Å². The van der Waals surface area contributed by atoms with Gasteiger partial charge in [-0.2, -0.15) is 0 Å². The van der Waals surface area contributed by atoms with E-state index in [4.69, 9.17) is 4.42 Å². The number of benzene rings is 1. The van der Waals surface area contributed by atoms with Crippen molar-refractivity contribution in [3.05, 3.63) is 58.5 Å². The van der Waals surface area contributed by atoms with Crippen LogP contribution in [-0.2, 0) is 6.42 Å². The number of rotatable bonds is 5. The smallest absolute Gasteiger partial charge is 0.134 e. The predicted molar refractivity (Wildman–Crippen MR) is 85.2 cm³/mol. The molecule has 2 atom stereocenters. The van der Waals surface area contributed by atoms with Crippen LogP contribution in [0.4, 0.5) is 0 Å². The van der Waals surface area contributed by atoms with Gasteiger partial charge in [-0.25, -0.2) is 0 Å². The molecule has 0 fully saturated rings. The van der Waals surface area contributed by atoms with Gasteiger partial charge in [-0.05, 0) is 43.8 Å². The van der Waals surface area contributed by atoms with Gasteiger partial charge in [-0.1, -0.05) is 24.3 Å². The summed E-state index contributed by atoms with van der Waals surface area (Å²) in [7, 11) is 0. The first kappa shape index (κ1) is 13.4. The Labute approximate surface area is 123 Å². The highest BCUT2D eigenvalue weighted by molar-refractivity contribution is 7.09. The third-order valence-corrected chi connectivity index (χ3v) is 4.39. The topological polar surface area (TPSA) is 25.2 Å². The third-order valence-electron chi connectivity index (χ3n) is 3.49. The molecule has 1 aromatic carbocycles. The van der Waals surface area contributed by atoms with E-state index in [1.54, 1.807) is 0 Å². The molecular weight excluding hydrogens is 266 g/mol. The van der Waals surface area contributed by atoms with Crippen molar-refractivity contribution < 1.29 is 4.42 Å². The number of para-hydroxylation sites is 1. The molecule has 0 aliphatic rings. The Bertz CT molecular complexity index is 638. The second-order valence-corrected chi connectivity index (χ2v) is 6.29. The van der Waals surface area contributed by atoms with Gasteiger partial charge in [-0.15, -0.1) is 11.3 Å². The highest BCUT2D eigenvalue weighted by Crippen LogP contribution is 2.24. The van der Waals surface area contributed by atoms with Crippen LogP contribution >= 0.6 is 11.3 Å². The van der Waals surface area contributed by atoms with Gasteiger partial charge < -0.3 is 9.73 Å². The van der Waals surface area contributed by atoms with E-state index in [-0.39, 0.29) is 6.04 Å². The van der Waals surface area contributed by atoms with Crippen LogP contribution in [-0.4, -0.2) is 6.04 Å². The fourth-order valence-corrected chi connectivity index (χ4v) is 3.35. The number of fused-ring (bicyclic) bond motifs is 1. The van der Waals surface area contributed by atoms with Crippen LogP contribution in [0, 0.1) is 0 Å². The Kier molecular flexibility index (Phi) is 3.90. The monoisotopic (exact) mass is 285 g/mol. The molecule has 0 amide bonds. The van der Waals surface area contributed by atoms with Crippen LogP contribution in [0.3, 0.4) is 0 Å². The highest BCUT2D eigenvalue weighted by Gasteiger charge is 2.14. The van der Waals surface area contributed by atoms with Crippen LogP contribution in [0.1, 0.15) is 30.5 Å². The van der Waals surface area contributed by atoms with Gasteiger partial charge in [-0.3, -0.25) is 0 Å². The zero-order valence-corrected chi connectivity index (χ0v) is 12.6. The fourth-order valence-electron chi connectivity index (χ4n) is 2.51. The Morgan fingerprint density at radius 2 is 2.00 bits per heavy atom. The summed E-state index contributed by atoms with van der Waals surface area (Å²) >= 11 is 1.81. The van der Waals surface area contributed by atoms with Crippen molar-refractivity contribution in [2.24, 2.45) is 0 Å². The normalized spacial score (nSPS) is 14.5. The zero-order valence-electron chi connectivity index (χ0n) is 11.8. The van der Waals surface area contributed by atoms with E-state index in [2.05, 4.69) is 48.8 Å². The van der Waals surface area contributed by atoms with Crippen molar-refractivity contribution in [3.8, 4) is 0 Å². The summed E-state index contributed by atoms with van der Waals surface area (Å²) in [5, 5.41) is 6.91. The molecule has 0 saturated heterocycles. The Morgan fingerprint density at radius 3 is 2.75 bits per heavy atom. The van der Waals surface area contributed by atoms with E-state index in [0.717, 1.165) is 17.8 Å². The molecule has 0 spiro atoms. The molecule has 0 saturated carbocycles. The molecule has 3 rings (SSSR count). The second kappa shape index (κ2) is 5.81. The molecule has 20 heavy (non-hydrogen) atoms. The lowest BCUT2D eigenvalue weighted by Gasteiger charge is -2.17. The number of nitrogens with one attached hydrogen (secondary N) is 1. The largest absolute Gasteiger partial charge is 0.459 e. The highest BCUT2D eigenvalue weighted by atomic mass is 32.1. The molecule has 3 heteroatoms. The van der Waals surface area contributed by atoms with Gasteiger partial charge >= 0.3 is 0 Å². The number of hydrogen-bond acceptors (Lipinski definition) is 3. The maximum Gasteiger partial charge on any atom is 0.134 e. The summed E-state index contributed by atoms with van der Waals surface area (Å²) in [5.41, 5.74) is 0.960. The van der Waals surface area contributed by atoms with E-state index < -0.39 is 0 Å². The van der Waals surface area contributed by atoms with Gasteiger partial charge in [0.2, 0.25) is 0 Å². The quantitative estimate of drug-likeness (QED) is 0.730. The SMILES string of the molecule is CC(Cc1cccs1)NC(C)c1cc2ccccc2o1. The zero-order chi connectivity index (χ0) is 13.9. The summed E-state index contributed by atoms with van der Waals surface area (Å²) in [4.78, 5) is 1.42. The molecule has 2 unspecified atom stereocenters. The Balaban J connectivity index is 1.67. The lowest BCUT2D eigenvalue weighted by molar-refractivity contribution is 0.411. The molecule has 2 nitrogen and oxygen atoms in total. The van der Waals surface area contributed by atoms with E-state index in [1.807, 2.05) is 29.5 Å². The first-order valence-electron chi connectivity index (χ1n) is 6.99. The summed E-state index contributed by atoms with van der Waals surface area (Å²) in [6.45, 7) is 4.38. The van der Waals surface area contributed by atoms with Gasteiger partial charge in [0.05, 0.1) is 6.04 Å². The predicted octanol–water partition coefficient (Wildman–Crippen LogP) is 4.78. The number of furan rings is 1.